The van der Waals surface area contributed by atoms with Crippen LogP contribution in [0, 0.1) is 0 Å². The van der Waals surface area contributed by atoms with Gasteiger partial charge in [0.15, 0.2) is 5.96 Å². The van der Waals surface area contributed by atoms with Gasteiger partial charge in [-0.05, 0) is 23.0 Å². The Labute approximate surface area is 117 Å². The summed E-state index contributed by atoms with van der Waals surface area (Å²) in [7, 11) is 1.80. The second-order valence-corrected chi connectivity index (χ2v) is 5.80. The van der Waals surface area contributed by atoms with Crippen molar-refractivity contribution in [3.05, 3.63) is 35.4 Å². The molecule has 0 heterocycles. The number of hydrogen-bond donors (Lipinski definition) is 2. The fourth-order valence-electron chi connectivity index (χ4n) is 1.77. The van der Waals surface area contributed by atoms with Gasteiger partial charge in [-0.2, -0.15) is 0 Å². The quantitative estimate of drug-likeness (QED) is 0.645. The molecule has 0 fully saturated rings. The maximum atomic E-state index is 4.19. The van der Waals surface area contributed by atoms with E-state index in [9.17, 15) is 0 Å². The zero-order valence-corrected chi connectivity index (χ0v) is 12.9. The minimum atomic E-state index is 0.213. The van der Waals surface area contributed by atoms with Crippen LogP contribution in [0.1, 0.15) is 45.2 Å². The van der Waals surface area contributed by atoms with Gasteiger partial charge in [-0.3, -0.25) is 4.99 Å². The molecule has 1 aromatic rings. The van der Waals surface area contributed by atoms with Crippen LogP contribution in [0.4, 0.5) is 0 Å². The van der Waals surface area contributed by atoms with Crippen molar-refractivity contribution in [3.8, 4) is 0 Å². The predicted molar refractivity (Wildman–Crippen MR) is 83.6 cm³/mol. The Bertz CT molecular complexity index is 399. The van der Waals surface area contributed by atoms with Crippen LogP contribution in [0.25, 0.3) is 0 Å². The summed E-state index contributed by atoms with van der Waals surface area (Å²) in [6.45, 7) is 10.6. The zero-order valence-electron chi connectivity index (χ0n) is 12.9. The molecule has 19 heavy (non-hydrogen) atoms. The first-order valence-corrected chi connectivity index (χ1v) is 7.01. The smallest absolute Gasteiger partial charge is 0.191 e. The topological polar surface area (TPSA) is 36.4 Å². The zero-order chi connectivity index (χ0) is 14.3. The maximum absolute atomic E-state index is 4.19. The molecule has 0 radical (unpaired) electrons. The van der Waals surface area contributed by atoms with Crippen LogP contribution >= 0.6 is 0 Å². The Hall–Kier alpha value is -1.51. The van der Waals surface area contributed by atoms with Gasteiger partial charge in [0.1, 0.15) is 0 Å². The van der Waals surface area contributed by atoms with Gasteiger partial charge in [-0.15, -0.1) is 0 Å². The van der Waals surface area contributed by atoms with Gasteiger partial charge in [0.2, 0.25) is 0 Å². The van der Waals surface area contributed by atoms with Gasteiger partial charge in [-0.25, -0.2) is 0 Å². The summed E-state index contributed by atoms with van der Waals surface area (Å²) in [6.07, 6.45) is 1.10. The number of hydrogen-bond acceptors (Lipinski definition) is 1. The van der Waals surface area contributed by atoms with Crippen LogP contribution < -0.4 is 10.6 Å². The molecule has 0 aliphatic heterocycles. The normalized spacial score (nSPS) is 12.4. The van der Waals surface area contributed by atoms with E-state index >= 15 is 0 Å². The van der Waals surface area contributed by atoms with E-state index < -0.39 is 0 Å². The Morgan fingerprint density at radius 2 is 1.74 bits per heavy atom. The molecule has 0 amide bonds. The van der Waals surface area contributed by atoms with Gasteiger partial charge in [0, 0.05) is 20.1 Å². The van der Waals surface area contributed by atoms with Crippen molar-refractivity contribution in [3.63, 3.8) is 0 Å². The van der Waals surface area contributed by atoms with Crippen molar-refractivity contribution in [1.82, 2.24) is 10.6 Å². The summed E-state index contributed by atoms with van der Waals surface area (Å²) in [6, 6.07) is 8.78. The molecule has 0 aromatic heterocycles. The number of rotatable bonds is 4. The average Bonchev–Trinajstić information content (AvgIpc) is 2.38. The molecule has 2 N–H and O–H groups in total. The lowest BCUT2D eigenvalue weighted by molar-refractivity contribution is 0.590. The fraction of sp³-hybridized carbons (Fsp3) is 0.562. The van der Waals surface area contributed by atoms with Gasteiger partial charge < -0.3 is 10.6 Å². The number of benzene rings is 1. The average molecular weight is 261 g/mol. The van der Waals surface area contributed by atoms with E-state index in [0.29, 0.717) is 0 Å². The molecule has 1 aromatic carbocycles. The summed E-state index contributed by atoms with van der Waals surface area (Å²) in [5.74, 6) is 0.863. The lowest BCUT2D eigenvalue weighted by Crippen LogP contribution is -2.37. The van der Waals surface area contributed by atoms with Crippen molar-refractivity contribution in [1.29, 1.82) is 0 Å². The van der Waals surface area contributed by atoms with Gasteiger partial charge in [0.05, 0.1) is 0 Å². The molecule has 0 saturated carbocycles. The third-order valence-electron chi connectivity index (χ3n) is 3.05. The molecule has 0 saturated heterocycles. The Morgan fingerprint density at radius 3 is 2.21 bits per heavy atom. The van der Waals surface area contributed by atoms with E-state index in [-0.39, 0.29) is 5.41 Å². The van der Waals surface area contributed by atoms with E-state index in [1.807, 2.05) is 0 Å². The second kappa shape index (κ2) is 7.17. The first-order chi connectivity index (χ1) is 8.97. The third kappa shape index (κ3) is 5.33. The number of guanidine groups is 1. The molecule has 3 heteroatoms. The maximum Gasteiger partial charge on any atom is 0.191 e. The van der Waals surface area contributed by atoms with Crippen molar-refractivity contribution in [2.24, 2.45) is 4.99 Å². The second-order valence-electron chi connectivity index (χ2n) is 5.80. The molecular formula is C16H27N3. The third-order valence-corrected chi connectivity index (χ3v) is 3.05. The highest BCUT2D eigenvalue weighted by Gasteiger charge is 2.12. The van der Waals surface area contributed by atoms with Crippen LogP contribution in [0.2, 0.25) is 0 Å². The highest BCUT2D eigenvalue weighted by Crippen LogP contribution is 2.22. The summed E-state index contributed by atoms with van der Waals surface area (Å²) >= 11 is 0. The molecule has 0 unspecified atom stereocenters. The van der Waals surface area contributed by atoms with Crippen LogP contribution in [-0.4, -0.2) is 19.6 Å². The highest BCUT2D eigenvalue weighted by atomic mass is 15.2. The van der Waals surface area contributed by atoms with Crippen LogP contribution in [0.15, 0.2) is 29.3 Å². The number of nitrogens with zero attached hydrogens (tertiary/aromatic N) is 1. The van der Waals surface area contributed by atoms with Gasteiger partial charge in [-0.1, -0.05) is 52.0 Å². The summed E-state index contributed by atoms with van der Waals surface area (Å²) in [4.78, 5) is 4.19. The van der Waals surface area contributed by atoms with Crippen LogP contribution in [0.5, 0.6) is 0 Å². The fourth-order valence-corrected chi connectivity index (χ4v) is 1.77. The van der Waals surface area contributed by atoms with Crippen molar-refractivity contribution < 1.29 is 0 Å². The van der Waals surface area contributed by atoms with E-state index in [0.717, 1.165) is 25.5 Å². The van der Waals surface area contributed by atoms with E-state index in [4.69, 9.17) is 0 Å². The first kappa shape index (κ1) is 15.5. The lowest BCUT2D eigenvalue weighted by Gasteiger charge is -2.19. The molecule has 0 bridgehead atoms. The molecule has 1 rings (SSSR count). The monoisotopic (exact) mass is 261 g/mol. The van der Waals surface area contributed by atoms with Gasteiger partial charge in [0.25, 0.3) is 0 Å². The van der Waals surface area contributed by atoms with Crippen LogP contribution in [-0.2, 0) is 12.0 Å². The van der Waals surface area contributed by atoms with Crippen molar-refractivity contribution >= 4 is 5.96 Å². The van der Waals surface area contributed by atoms with Crippen LogP contribution in [0.3, 0.4) is 0 Å². The Balaban J connectivity index is 2.54. The number of aliphatic imine (C=N–C) groups is 1. The molecule has 106 valence electrons. The van der Waals surface area contributed by atoms with E-state index in [1.54, 1.807) is 7.05 Å². The molecule has 0 spiro atoms. The number of nitrogens with one attached hydrogen (secondary N) is 2. The largest absolute Gasteiger partial charge is 0.356 e. The molecule has 0 atom stereocenters. The van der Waals surface area contributed by atoms with Crippen molar-refractivity contribution in [2.45, 2.75) is 46.1 Å². The predicted octanol–water partition coefficient (Wildman–Crippen LogP) is 3.06. The summed E-state index contributed by atoms with van der Waals surface area (Å²) in [5.41, 5.74) is 2.85. The summed E-state index contributed by atoms with van der Waals surface area (Å²) < 4.78 is 0. The van der Waals surface area contributed by atoms with Crippen molar-refractivity contribution in [2.75, 3.05) is 13.6 Å². The molecule has 0 aliphatic rings. The molecular weight excluding hydrogens is 234 g/mol. The first-order valence-electron chi connectivity index (χ1n) is 7.01. The molecule has 3 nitrogen and oxygen atoms in total. The lowest BCUT2D eigenvalue weighted by atomic mass is 9.87. The Morgan fingerprint density at radius 1 is 1.11 bits per heavy atom. The SMILES string of the molecule is CCCNC(=NC)NCc1ccc(C(C)(C)C)cc1. The molecule has 0 aliphatic carbocycles. The summed E-state index contributed by atoms with van der Waals surface area (Å²) in [5, 5.41) is 6.58. The van der Waals surface area contributed by atoms with Gasteiger partial charge >= 0.3 is 0 Å². The Kier molecular flexibility index (Phi) is 5.87. The minimum absolute atomic E-state index is 0.213. The van der Waals surface area contributed by atoms with E-state index in [1.165, 1.54) is 11.1 Å². The standard InChI is InChI=1S/C16H27N3/c1-6-11-18-15(17-5)19-12-13-7-9-14(10-8-13)16(2,3)4/h7-10H,6,11-12H2,1-5H3,(H2,17,18,19). The minimum Gasteiger partial charge on any atom is -0.356 e. The highest BCUT2D eigenvalue weighted by molar-refractivity contribution is 5.79. The van der Waals surface area contributed by atoms with E-state index in [2.05, 4.69) is 67.6 Å².